The first-order valence-corrected chi connectivity index (χ1v) is 17.3. The second-order valence-electron chi connectivity index (χ2n) is 14.2. The number of nitrogens with zero attached hydrogens (tertiary/aromatic N) is 1. The summed E-state index contributed by atoms with van der Waals surface area (Å²) in [7, 11) is 0. The van der Waals surface area contributed by atoms with Gasteiger partial charge < -0.3 is 0 Å². The second-order valence-corrected chi connectivity index (χ2v) is 17.2. The van der Waals surface area contributed by atoms with E-state index in [9.17, 15) is 0 Å². The molecule has 0 radical (unpaired) electrons. The van der Waals surface area contributed by atoms with Crippen molar-refractivity contribution in [2.45, 2.75) is 114 Å². The Labute approximate surface area is 258 Å². The average Bonchev–Trinajstić information content (AvgIpc) is 2.83. The van der Waals surface area contributed by atoms with Gasteiger partial charge in [0.15, 0.2) is 0 Å². The number of benzene rings is 3. The van der Waals surface area contributed by atoms with Gasteiger partial charge in [-0.2, -0.15) is 0 Å². The minimum Gasteiger partial charge on any atom is -0.275 e. The quantitative estimate of drug-likeness (QED) is 0.179. The Morgan fingerprint density at radius 3 is 0.925 bits per heavy atom. The maximum atomic E-state index is 2.62. The van der Waals surface area contributed by atoms with Crippen molar-refractivity contribution in [3.63, 3.8) is 0 Å². The van der Waals surface area contributed by atoms with E-state index >= 15 is 0 Å². The molecule has 218 valence electrons. The molecule has 0 aliphatic rings. The van der Waals surface area contributed by atoms with Crippen LogP contribution in [0.3, 0.4) is 0 Å². The van der Waals surface area contributed by atoms with Gasteiger partial charge in [0.2, 0.25) is 0 Å². The summed E-state index contributed by atoms with van der Waals surface area (Å²) < 4.78 is 0. The largest absolute Gasteiger partial charge is 0.275 e. The maximum absolute atomic E-state index is 2.62. The van der Waals surface area contributed by atoms with Crippen LogP contribution in [0.5, 0.6) is 0 Å². The molecule has 0 unspecified atom stereocenters. The van der Waals surface area contributed by atoms with Crippen LogP contribution in [0, 0.1) is 20.8 Å². The van der Waals surface area contributed by atoms with E-state index in [0.29, 0.717) is 0 Å². The second kappa shape index (κ2) is 13.3. The summed E-state index contributed by atoms with van der Waals surface area (Å²) in [6.45, 7) is 27.5. The van der Waals surface area contributed by atoms with Crippen molar-refractivity contribution in [1.82, 2.24) is 4.90 Å². The highest BCUT2D eigenvalue weighted by atomic mass is 32.2. The minimum absolute atomic E-state index is 0.121. The van der Waals surface area contributed by atoms with Crippen molar-refractivity contribution >= 4 is 35.3 Å². The monoisotopic (exact) mass is 593 g/mol. The molecule has 3 aromatic carbocycles. The van der Waals surface area contributed by atoms with E-state index in [1.165, 1.54) is 48.1 Å². The van der Waals surface area contributed by atoms with Crippen molar-refractivity contribution < 1.29 is 0 Å². The fourth-order valence-corrected chi connectivity index (χ4v) is 8.58. The first-order chi connectivity index (χ1) is 18.4. The van der Waals surface area contributed by atoms with Crippen LogP contribution in [0.25, 0.3) is 0 Å². The molecule has 3 rings (SSSR count). The van der Waals surface area contributed by atoms with Gasteiger partial charge >= 0.3 is 0 Å². The third kappa shape index (κ3) is 9.34. The van der Waals surface area contributed by atoms with Crippen LogP contribution >= 0.6 is 35.3 Å². The van der Waals surface area contributed by atoms with Gasteiger partial charge in [0, 0.05) is 14.7 Å². The van der Waals surface area contributed by atoms with E-state index in [2.05, 4.69) is 143 Å². The van der Waals surface area contributed by atoms with Gasteiger partial charge in [-0.15, -0.1) is 35.3 Å². The van der Waals surface area contributed by atoms with Gasteiger partial charge in [-0.1, -0.05) is 115 Å². The fraction of sp³-hybridized carbons (Fsp3) is 0.500. The van der Waals surface area contributed by atoms with Crippen LogP contribution in [-0.2, 0) is 16.2 Å². The molecule has 0 bridgehead atoms. The van der Waals surface area contributed by atoms with E-state index in [-0.39, 0.29) is 16.2 Å². The third-order valence-corrected chi connectivity index (χ3v) is 10.5. The summed E-state index contributed by atoms with van der Waals surface area (Å²) >= 11 is 5.95. The van der Waals surface area contributed by atoms with E-state index < -0.39 is 0 Å². The zero-order valence-corrected chi connectivity index (χ0v) is 29.4. The molecule has 0 amide bonds. The van der Waals surface area contributed by atoms with Gasteiger partial charge in [-0.3, -0.25) is 4.90 Å². The summed E-state index contributed by atoms with van der Waals surface area (Å²) in [5.41, 5.74) is 8.70. The maximum Gasteiger partial charge on any atom is 0.0508 e. The molecule has 0 aromatic heterocycles. The lowest BCUT2D eigenvalue weighted by molar-refractivity contribution is 0.446. The fourth-order valence-electron chi connectivity index (χ4n) is 4.66. The molecular weight excluding hydrogens is 543 g/mol. The standard InChI is InChI=1S/C36H51NS3/c1-25-13-16-31(28(19-25)34(4,5)6)38-22-37(23-39-32-17-14-26(2)20-29(32)35(7,8)9)24-40-33-18-15-27(3)21-30(33)36(10,11)12/h13-21H,22-24H2,1-12H3. The zero-order valence-electron chi connectivity index (χ0n) is 27.0. The molecule has 0 N–H and O–H groups in total. The third-order valence-electron chi connectivity index (χ3n) is 7.04. The molecule has 40 heavy (non-hydrogen) atoms. The molecule has 0 spiro atoms. The van der Waals surface area contributed by atoms with Crippen molar-refractivity contribution in [2.24, 2.45) is 0 Å². The molecule has 0 heterocycles. The Bertz CT molecular complexity index is 1130. The lowest BCUT2D eigenvalue weighted by atomic mass is 9.86. The topological polar surface area (TPSA) is 3.24 Å². The van der Waals surface area contributed by atoms with E-state index in [0.717, 1.165) is 17.6 Å². The van der Waals surface area contributed by atoms with Crippen LogP contribution in [0.4, 0.5) is 0 Å². The van der Waals surface area contributed by atoms with Crippen LogP contribution in [0.1, 0.15) is 95.7 Å². The first kappa shape index (κ1) is 33.2. The lowest BCUT2D eigenvalue weighted by Gasteiger charge is -2.28. The van der Waals surface area contributed by atoms with Gasteiger partial charge in [0.1, 0.15) is 0 Å². The Kier molecular flexibility index (Phi) is 11.0. The Morgan fingerprint density at radius 1 is 0.450 bits per heavy atom. The molecule has 0 saturated heterocycles. The Hall–Kier alpha value is -1.33. The minimum atomic E-state index is 0.121. The SMILES string of the molecule is Cc1ccc(SCN(CSc2ccc(C)cc2C(C)(C)C)CSc2ccc(C)cc2C(C)(C)C)c(C(C)(C)C)c1. The van der Waals surface area contributed by atoms with Crippen LogP contribution in [-0.4, -0.2) is 22.5 Å². The van der Waals surface area contributed by atoms with Crippen molar-refractivity contribution in [3.05, 3.63) is 88.0 Å². The summed E-state index contributed by atoms with van der Waals surface area (Å²) in [4.78, 5) is 6.81. The van der Waals surface area contributed by atoms with Crippen LogP contribution < -0.4 is 0 Å². The van der Waals surface area contributed by atoms with Crippen LogP contribution in [0.2, 0.25) is 0 Å². The molecule has 4 heteroatoms. The highest BCUT2D eigenvalue weighted by molar-refractivity contribution is 8.01. The first-order valence-electron chi connectivity index (χ1n) is 14.4. The summed E-state index contributed by atoms with van der Waals surface area (Å²) in [6, 6.07) is 20.9. The summed E-state index contributed by atoms with van der Waals surface area (Å²) in [5.74, 6) is 2.87. The zero-order chi connectivity index (χ0) is 29.9. The molecular formula is C36H51NS3. The molecule has 0 aliphatic heterocycles. The predicted octanol–water partition coefficient (Wildman–Crippen LogP) is 11.4. The summed E-state index contributed by atoms with van der Waals surface area (Å²) in [5, 5.41) is 0. The number of rotatable bonds is 9. The Morgan fingerprint density at radius 2 is 0.700 bits per heavy atom. The van der Waals surface area contributed by atoms with Gasteiger partial charge in [-0.25, -0.2) is 0 Å². The van der Waals surface area contributed by atoms with Crippen LogP contribution in [0.15, 0.2) is 69.3 Å². The van der Waals surface area contributed by atoms with Gasteiger partial charge in [0.25, 0.3) is 0 Å². The van der Waals surface area contributed by atoms with Gasteiger partial charge in [0.05, 0.1) is 17.6 Å². The van der Waals surface area contributed by atoms with Crippen molar-refractivity contribution in [1.29, 1.82) is 0 Å². The molecule has 0 atom stereocenters. The van der Waals surface area contributed by atoms with E-state index in [4.69, 9.17) is 0 Å². The number of hydrogen-bond acceptors (Lipinski definition) is 4. The normalized spacial score (nSPS) is 12.8. The summed E-state index contributed by atoms with van der Waals surface area (Å²) in [6.07, 6.45) is 0. The predicted molar refractivity (Wildman–Crippen MR) is 184 cm³/mol. The van der Waals surface area contributed by atoms with Crippen molar-refractivity contribution in [3.8, 4) is 0 Å². The smallest absolute Gasteiger partial charge is 0.0508 e. The molecule has 0 fully saturated rings. The Balaban J connectivity index is 1.87. The number of aryl methyl sites for hydroxylation is 3. The lowest BCUT2D eigenvalue weighted by Crippen LogP contribution is -2.24. The van der Waals surface area contributed by atoms with E-state index in [1.54, 1.807) is 0 Å². The molecule has 0 aliphatic carbocycles. The number of hydrogen-bond donors (Lipinski definition) is 0. The van der Waals surface area contributed by atoms with Crippen molar-refractivity contribution in [2.75, 3.05) is 17.6 Å². The van der Waals surface area contributed by atoms with Gasteiger partial charge in [-0.05, 0) is 71.9 Å². The molecule has 3 aromatic rings. The van der Waals surface area contributed by atoms with E-state index in [1.807, 2.05) is 35.3 Å². The average molecular weight is 594 g/mol. The highest BCUT2D eigenvalue weighted by Gasteiger charge is 2.23. The highest BCUT2D eigenvalue weighted by Crippen LogP contribution is 2.38. The number of thioether (sulfide) groups is 3. The molecule has 0 saturated carbocycles. The molecule has 1 nitrogen and oxygen atoms in total.